The van der Waals surface area contributed by atoms with Gasteiger partial charge in [0.15, 0.2) is 0 Å². The summed E-state index contributed by atoms with van der Waals surface area (Å²) in [6.07, 6.45) is 5.05. The minimum absolute atomic E-state index is 0.0338. The quantitative estimate of drug-likeness (QED) is 0.493. The number of pyridine rings is 1. The lowest BCUT2D eigenvalue weighted by molar-refractivity contribution is 0.0708. The van der Waals surface area contributed by atoms with E-state index < -0.39 is 0 Å². The molecular formula is C11H16N4O2. The molecule has 1 aromatic rings. The Labute approximate surface area is 99.4 Å². The molecule has 2 rings (SSSR count). The van der Waals surface area contributed by atoms with Gasteiger partial charge in [-0.05, 0) is 18.9 Å². The second kappa shape index (κ2) is 5.11. The Kier molecular flexibility index (Phi) is 3.55. The number of aliphatic hydroxyl groups excluding tert-OH is 1. The van der Waals surface area contributed by atoms with Gasteiger partial charge in [-0.1, -0.05) is 0 Å². The topological polar surface area (TPSA) is 91.5 Å². The molecule has 0 atom stereocenters. The molecule has 0 radical (unpaired) electrons. The van der Waals surface area contributed by atoms with Gasteiger partial charge in [0, 0.05) is 25.0 Å². The highest BCUT2D eigenvalue weighted by Gasteiger charge is 2.33. The van der Waals surface area contributed by atoms with E-state index >= 15 is 0 Å². The van der Waals surface area contributed by atoms with Crippen LogP contribution in [-0.2, 0) is 0 Å². The number of hydrogen-bond acceptors (Lipinski definition) is 5. The SMILES string of the molecule is NNc1ccncc1C(=O)N(CCO)C1CC1. The summed E-state index contributed by atoms with van der Waals surface area (Å²) in [7, 11) is 0. The molecule has 1 saturated carbocycles. The second-order valence-corrected chi connectivity index (χ2v) is 4.02. The van der Waals surface area contributed by atoms with Gasteiger partial charge < -0.3 is 15.4 Å². The minimum atomic E-state index is -0.136. The molecule has 0 aliphatic heterocycles. The summed E-state index contributed by atoms with van der Waals surface area (Å²) in [6, 6.07) is 1.90. The molecule has 1 aliphatic carbocycles. The monoisotopic (exact) mass is 236 g/mol. The molecule has 4 N–H and O–H groups in total. The number of nitrogens with zero attached hydrogens (tertiary/aromatic N) is 2. The zero-order valence-corrected chi connectivity index (χ0v) is 9.47. The summed E-state index contributed by atoms with van der Waals surface area (Å²) in [4.78, 5) is 17.9. The number of hydrogen-bond donors (Lipinski definition) is 3. The molecule has 1 heterocycles. The average Bonchev–Trinajstić information content (AvgIpc) is 3.19. The highest BCUT2D eigenvalue weighted by atomic mass is 16.3. The van der Waals surface area contributed by atoms with Crippen LogP contribution < -0.4 is 11.3 Å². The maximum Gasteiger partial charge on any atom is 0.257 e. The zero-order chi connectivity index (χ0) is 12.3. The van der Waals surface area contributed by atoms with Crippen molar-refractivity contribution in [1.82, 2.24) is 9.88 Å². The lowest BCUT2D eigenvalue weighted by atomic mass is 10.2. The molecule has 0 spiro atoms. The van der Waals surface area contributed by atoms with Gasteiger partial charge >= 0.3 is 0 Å². The van der Waals surface area contributed by atoms with Crippen LogP contribution in [0.4, 0.5) is 5.69 Å². The Morgan fingerprint density at radius 2 is 2.41 bits per heavy atom. The van der Waals surface area contributed by atoms with E-state index in [1.54, 1.807) is 17.2 Å². The van der Waals surface area contributed by atoms with Gasteiger partial charge in [0.25, 0.3) is 5.91 Å². The molecule has 0 unspecified atom stereocenters. The van der Waals surface area contributed by atoms with Crippen LogP contribution in [0.3, 0.4) is 0 Å². The van der Waals surface area contributed by atoms with E-state index in [2.05, 4.69) is 10.4 Å². The van der Waals surface area contributed by atoms with Crippen LogP contribution in [0.2, 0.25) is 0 Å². The number of carbonyl (C=O) groups excluding carboxylic acids is 1. The van der Waals surface area contributed by atoms with Crippen molar-refractivity contribution in [3.8, 4) is 0 Å². The molecule has 0 bridgehead atoms. The van der Waals surface area contributed by atoms with Gasteiger partial charge in [-0.2, -0.15) is 0 Å². The van der Waals surface area contributed by atoms with E-state index in [-0.39, 0.29) is 18.6 Å². The summed E-state index contributed by atoms with van der Waals surface area (Å²) >= 11 is 0. The van der Waals surface area contributed by atoms with Crippen molar-refractivity contribution in [1.29, 1.82) is 0 Å². The van der Waals surface area contributed by atoms with Gasteiger partial charge in [-0.3, -0.25) is 15.6 Å². The van der Waals surface area contributed by atoms with Crippen LogP contribution in [-0.4, -0.2) is 40.1 Å². The molecule has 6 heteroatoms. The number of hydrazine groups is 1. The lowest BCUT2D eigenvalue weighted by Gasteiger charge is -2.22. The number of aromatic nitrogens is 1. The predicted molar refractivity (Wildman–Crippen MR) is 63.2 cm³/mol. The third kappa shape index (κ3) is 2.54. The van der Waals surface area contributed by atoms with E-state index in [4.69, 9.17) is 10.9 Å². The third-order valence-corrected chi connectivity index (χ3v) is 2.80. The zero-order valence-electron chi connectivity index (χ0n) is 9.47. The normalized spacial score (nSPS) is 14.5. The molecule has 17 heavy (non-hydrogen) atoms. The fourth-order valence-corrected chi connectivity index (χ4v) is 1.79. The molecule has 1 aliphatic rings. The van der Waals surface area contributed by atoms with Crippen LogP contribution >= 0.6 is 0 Å². The number of carbonyl (C=O) groups is 1. The second-order valence-electron chi connectivity index (χ2n) is 4.02. The average molecular weight is 236 g/mol. The van der Waals surface area contributed by atoms with Crippen LogP contribution in [0.15, 0.2) is 18.5 Å². The fraction of sp³-hybridized carbons (Fsp3) is 0.455. The number of anilines is 1. The maximum absolute atomic E-state index is 12.3. The third-order valence-electron chi connectivity index (χ3n) is 2.80. The highest BCUT2D eigenvalue weighted by Crippen LogP contribution is 2.29. The lowest BCUT2D eigenvalue weighted by Crippen LogP contribution is -2.36. The first-order valence-electron chi connectivity index (χ1n) is 5.60. The van der Waals surface area contributed by atoms with E-state index in [0.717, 1.165) is 12.8 Å². The van der Waals surface area contributed by atoms with Crippen molar-refractivity contribution in [2.75, 3.05) is 18.6 Å². The molecule has 0 aromatic carbocycles. The van der Waals surface area contributed by atoms with E-state index in [0.29, 0.717) is 17.8 Å². The first-order valence-corrected chi connectivity index (χ1v) is 5.60. The van der Waals surface area contributed by atoms with Crippen molar-refractivity contribution in [2.24, 2.45) is 5.84 Å². The molecule has 1 amide bonds. The number of rotatable bonds is 5. The largest absolute Gasteiger partial charge is 0.395 e. The van der Waals surface area contributed by atoms with E-state index in [1.165, 1.54) is 6.20 Å². The minimum Gasteiger partial charge on any atom is -0.395 e. The summed E-state index contributed by atoms with van der Waals surface area (Å²) in [6.45, 7) is 0.316. The Bertz CT molecular complexity index is 406. The first kappa shape index (κ1) is 11.8. The maximum atomic E-state index is 12.3. The van der Waals surface area contributed by atoms with Crippen LogP contribution in [0.1, 0.15) is 23.2 Å². The van der Waals surface area contributed by atoms with Gasteiger partial charge in [0.2, 0.25) is 0 Å². The predicted octanol–water partition coefficient (Wildman–Crippen LogP) is -0.0359. The summed E-state index contributed by atoms with van der Waals surface area (Å²) < 4.78 is 0. The number of aliphatic hydroxyl groups is 1. The Balaban J connectivity index is 2.21. The van der Waals surface area contributed by atoms with E-state index in [9.17, 15) is 4.79 Å². The Hall–Kier alpha value is -1.66. The van der Waals surface area contributed by atoms with Crippen LogP contribution in [0.25, 0.3) is 0 Å². The number of nitrogen functional groups attached to an aromatic ring is 1. The molecular weight excluding hydrogens is 220 g/mol. The molecule has 92 valence electrons. The molecule has 1 aromatic heterocycles. The Morgan fingerprint density at radius 3 is 3.00 bits per heavy atom. The molecule has 0 saturated heterocycles. The molecule has 1 fully saturated rings. The van der Waals surface area contributed by atoms with Gasteiger partial charge in [0.1, 0.15) is 0 Å². The summed E-state index contributed by atoms with van der Waals surface area (Å²) in [5.74, 6) is 5.22. The number of nitrogens with one attached hydrogen (secondary N) is 1. The van der Waals surface area contributed by atoms with Gasteiger partial charge in [-0.25, -0.2) is 0 Å². The summed E-state index contributed by atoms with van der Waals surface area (Å²) in [5, 5.41) is 8.99. The highest BCUT2D eigenvalue weighted by molar-refractivity contribution is 5.99. The fourth-order valence-electron chi connectivity index (χ4n) is 1.79. The van der Waals surface area contributed by atoms with E-state index in [1.807, 2.05) is 0 Å². The van der Waals surface area contributed by atoms with Gasteiger partial charge in [0.05, 0.1) is 17.9 Å². The Morgan fingerprint density at radius 1 is 1.65 bits per heavy atom. The first-order chi connectivity index (χ1) is 8.27. The van der Waals surface area contributed by atoms with Crippen molar-refractivity contribution >= 4 is 11.6 Å². The smallest absolute Gasteiger partial charge is 0.257 e. The van der Waals surface area contributed by atoms with Crippen molar-refractivity contribution in [3.63, 3.8) is 0 Å². The van der Waals surface area contributed by atoms with Gasteiger partial charge in [-0.15, -0.1) is 0 Å². The van der Waals surface area contributed by atoms with Crippen LogP contribution in [0.5, 0.6) is 0 Å². The number of amides is 1. The van der Waals surface area contributed by atoms with Crippen molar-refractivity contribution in [2.45, 2.75) is 18.9 Å². The van der Waals surface area contributed by atoms with Crippen LogP contribution in [0, 0.1) is 0 Å². The summed E-state index contributed by atoms with van der Waals surface area (Å²) in [5.41, 5.74) is 3.47. The molecule has 6 nitrogen and oxygen atoms in total. The standard InChI is InChI=1S/C11H16N4O2/c12-14-10-3-4-13-7-9(10)11(17)15(5-6-16)8-1-2-8/h3-4,7-8,16H,1-2,5-6,12H2,(H,13,14). The van der Waals surface area contributed by atoms with Crippen molar-refractivity contribution in [3.05, 3.63) is 24.0 Å². The number of nitrogens with two attached hydrogens (primary N) is 1. The van der Waals surface area contributed by atoms with Crippen molar-refractivity contribution < 1.29 is 9.90 Å².